The van der Waals surface area contributed by atoms with E-state index < -0.39 is 5.97 Å². The summed E-state index contributed by atoms with van der Waals surface area (Å²) in [6.07, 6.45) is 4.97. The van der Waals surface area contributed by atoms with Crippen molar-refractivity contribution in [2.75, 3.05) is 0 Å². The number of halogens is 1. The highest BCUT2D eigenvalue weighted by Gasteiger charge is 2.11. The lowest BCUT2D eigenvalue weighted by Crippen LogP contribution is -2.03. The number of rotatable bonds is 6. The molecule has 0 aliphatic rings. The molecule has 1 heterocycles. The highest BCUT2D eigenvalue weighted by atomic mass is 35.5. The van der Waals surface area contributed by atoms with Crippen LogP contribution < -0.4 is 4.74 Å². The number of hydrogen-bond donors (Lipinski definition) is 0. The zero-order valence-electron chi connectivity index (χ0n) is 13.6. The van der Waals surface area contributed by atoms with Gasteiger partial charge in [0.15, 0.2) is 0 Å². The van der Waals surface area contributed by atoms with Crippen LogP contribution in [0, 0.1) is 18.3 Å². The monoisotopic (exact) mass is 343 g/mol. The maximum absolute atomic E-state index is 11.9. The summed E-state index contributed by atoms with van der Waals surface area (Å²) >= 11 is 6.31. The summed E-state index contributed by atoms with van der Waals surface area (Å²) in [6.45, 7) is 4.70. The van der Waals surface area contributed by atoms with Crippen molar-refractivity contribution >= 4 is 23.6 Å². The van der Waals surface area contributed by atoms with Crippen LogP contribution in [-0.2, 0) is 11.3 Å². The first-order valence-electron chi connectivity index (χ1n) is 7.68. The minimum atomic E-state index is -0.517. The van der Waals surface area contributed by atoms with Crippen molar-refractivity contribution in [1.29, 1.82) is 5.26 Å². The molecule has 0 amide bonds. The molecule has 0 unspecified atom stereocenters. The summed E-state index contributed by atoms with van der Waals surface area (Å²) in [5.41, 5.74) is 1.98. The molecule has 1 aromatic carbocycles. The fourth-order valence-electron chi connectivity index (χ4n) is 2.11. The third-order valence-corrected chi connectivity index (χ3v) is 3.82. The highest BCUT2D eigenvalue weighted by molar-refractivity contribution is 6.31. The van der Waals surface area contributed by atoms with Crippen molar-refractivity contribution in [3.05, 3.63) is 52.3 Å². The van der Waals surface area contributed by atoms with E-state index in [1.165, 1.54) is 6.08 Å². The number of esters is 1. The average molecular weight is 344 g/mol. The van der Waals surface area contributed by atoms with Gasteiger partial charge in [0.2, 0.25) is 0 Å². The van der Waals surface area contributed by atoms with Gasteiger partial charge in [0.25, 0.3) is 0 Å². The summed E-state index contributed by atoms with van der Waals surface area (Å²) in [6, 6.07) is 8.33. The van der Waals surface area contributed by atoms with Crippen LogP contribution in [0.5, 0.6) is 5.75 Å². The van der Waals surface area contributed by atoms with Crippen molar-refractivity contribution in [3.63, 3.8) is 0 Å². The molecule has 0 radical (unpaired) electrons. The SMILES string of the molecule is CCCCn1nc(C)c(C=CC(=O)Oc2ccc(C#N)cc2)c1Cl. The largest absolute Gasteiger partial charge is 0.423 e. The number of benzene rings is 1. The van der Waals surface area contributed by atoms with E-state index in [2.05, 4.69) is 12.0 Å². The molecule has 0 N–H and O–H groups in total. The third kappa shape index (κ3) is 4.46. The van der Waals surface area contributed by atoms with Gasteiger partial charge >= 0.3 is 5.97 Å². The van der Waals surface area contributed by atoms with E-state index in [-0.39, 0.29) is 0 Å². The van der Waals surface area contributed by atoms with Gasteiger partial charge in [0.1, 0.15) is 10.9 Å². The van der Waals surface area contributed by atoms with Crippen molar-refractivity contribution < 1.29 is 9.53 Å². The number of hydrogen-bond acceptors (Lipinski definition) is 4. The maximum Gasteiger partial charge on any atom is 0.336 e. The highest BCUT2D eigenvalue weighted by Crippen LogP contribution is 2.22. The number of aromatic nitrogens is 2. The quantitative estimate of drug-likeness (QED) is 0.449. The molecule has 124 valence electrons. The van der Waals surface area contributed by atoms with Crippen molar-refractivity contribution in [3.8, 4) is 11.8 Å². The summed E-state index contributed by atoms with van der Waals surface area (Å²) in [5, 5.41) is 13.6. The Morgan fingerprint density at radius 3 is 2.75 bits per heavy atom. The number of carbonyl (C=O) groups excluding carboxylic acids is 1. The minimum absolute atomic E-state index is 0.380. The van der Waals surface area contributed by atoms with Gasteiger partial charge < -0.3 is 4.74 Å². The van der Waals surface area contributed by atoms with Crippen LogP contribution in [0.1, 0.15) is 36.6 Å². The number of ether oxygens (including phenoxy) is 1. The Bertz CT molecular complexity index is 786. The Kier molecular flexibility index (Phi) is 6.16. The zero-order valence-corrected chi connectivity index (χ0v) is 14.4. The van der Waals surface area contributed by atoms with E-state index in [4.69, 9.17) is 21.6 Å². The van der Waals surface area contributed by atoms with Crippen molar-refractivity contribution in [2.45, 2.75) is 33.2 Å². The van der Waals surface area contributed by atoms with Crippen LogP contribution >= 0.6 is 11.6 Å². The van der Waals surface area contributed by atoms with E-state index in [0.29, 0.717) is 22.0 Å². The molecule has 2 aromatic rings. The second-order valence-electron chi connectivity index (χ2n) is 5.26. The van der Waals surface area contributed by atoms with Gasteiger partial charge in [-0.25, -0.2) is 4.79 Å². The Balaban J connectivity index is 2.05. The predicted molar refractivity (Wildman–Crippen MR) is 92.7 cm³/mol. The van der Waals surface area contributed by atoms with E-state index in [1.807, 2.05) is 13.0 Å². The van der Waals surface area contributed by atoms with Crippen LogP contribution in [0.25, 0.3) is 6.08 Å². The normalized spacial score (nSPS) is 10.8. The van der Waals surface area contributed by atoms with E-state index in [9.17, 15) is 4.79 Å². The molecule has 1 aromatic heterocycles. The predicted octanol–water partition coefficient (Wildman–Crippen LogP) is 4.14. The molecule has 5 nitrogen and oxygen atoms in total. The smallest absolute Gasteiger partial charge is 0.336 e. The van der Waals surface area contributed by atoms with Gasteiger partial charge in [-0.15, -0.1) is 0 Å². The van der Waals surface area contributed by atoms with Gasteiger partial charge in [-0.3, -0.25) is 4.68 Å². The van der Waals surface area contributed by atoms with Gasteiger partial charge in [0, 0.05) is 18.2 Å². The third-order valence-electron chi connectivity index (χ3n) is 3.42. The Morgan fingerprint density at radius 2 is 2.12 bits per heavy atom. The molecule has 0 aliphatic heterocycles. The van der Waals surface area contributed by atoms with Gasteiger partial charge in [0.05, 0.1) is 17.3 Å². The lowest BCUT2D eigenvalue weighted by atomic mass is 10.2. The van der Waals surface area contributed by atoms with Crippen LogP contribution in [0.4, 0.5) is 0 Å². The first kappa shape index (κ1) is 17.8. The molecular weight excluding hydrogens is 326 g/mol. The number of carbonyl (C=O) groups is 1. The number of nitrogens with zero attached hydrogens (tertiary/aromatic N) is 3. The molecule has 6 heteroatoms. The number of aryl methyl sites for hydroxylation is 2. The zero-order chi connectivity index (χ0) is 17.5. The van der Waals surface area contributed by atoms with Crippen molar-refractivity contribution in [2.24, 2.45) is 0 Å². The Labute approximate surface area is 146 Å². The van der Waals surface area contributed by atoms with E-state index in [1.54, 1.807) is 35.0 Å². The standard InChI is InChI=1S/C18H18ClN3O2/c1-3-4-11-22-18(19)16(13(2)21-22)9-10-17(23)24-15-7-5-14(12-20)6-8-15/h5-10H,3-4,11H2,1-2H3. The topological polar surface area (TPSA) is 67.9 Å². The lowest BCUT2D eigenvalue weighted by Gasteiger charge is -2.01. The summed E-state index contributed by atoms with van der Waals surface area (Å²) in [5.74, 6) is -0.137. The van der Waals surface area contributed by atoms with E-state index >= 15 is 0 Å². The first-order chi connectivity index (χ1) is 11.5. The number of unbranched alkanes of at least 4 members (excludes halogenated alkanes) is 1. The summed E-state index contributed by atoms with van der Waals surface area (Å²) < 4.78 is 6.92. The minimum Gasteiger partial charge on any atom is -0.423 e. The van der Waals surface area contributed by atoms with Crippen LogP contribution in [-0.4, -0.2) is 15.7 Å². The average Bonchev–Trinajstić information content (AvgIpc) is 2.85. The molecule has 0 bridgehead atoms. The number of nitriles is 1. The molecule has 0 saturated heterocycles. The molecule has 0 spiro atoms. The molecule has 0 aliphatic carbocycles. The Hall–Kier alpha value is -2.58. The van der Waals surface area contributed by atoms with Gasteiger partial charge in [-0.2, -0.15) is 10.4 Å². The molecule has 0 atom stereocenters. The molecule has 0 saturated carbocycles. The lowest BCUT2D eigenvalue weighted by molar-refractivity contribution is -0.128. The second-order valence-corrected chi connectivity index (χ2v) is 5.62. The molecular formula is C18H18ClN3O2. The summed E-state index contributed by atoms with van der Waals surface area (Å²) in [4.78, 5) is 11.9. The van der Waals surface area contributed by atoms with Gasteiger partial charge in [-0.05, 0) is 43.7 Å². The first-order valence-corrected chi connectivity index (χ1v) is 8.06. The fraction of sp³-hybridized carbons (Fsp3) is 0.278. The van der Waals surface area contributed by atoms with Crippen LogP contribution in [0.2, 0.25) is 5.15 Å². The van der Waals surface area contributed by atoms with E-state index in [0.717, 1.165) is 25.1 Å². The van der Waals surface area contributed by atoms with Crippen LogP contribution in [0.15, 0.2) is 30.3 Å². The molecule has 0 fully saturated rings. The summed E-state index contributed by atoms with van der Waals surface area (Å²) in [7, 11) is 0. The van der Waals surface area contributed by atoms with Gasteiger partial charge in [-0.1, -0.05) is 24.9 Å². The fourth-order valence-corrected chi connectivity index (χ4v) is 2.43. The van der Waals surface area contributed by atoms with Crippen LogP contribution in [0.3, 0.4) is 0 Å². The molecule has 24 heavy (non-hydrogen) atoms. The Morgan fingerprint density at radius 1 is 1.42 bits per heavy atom. The van der Waals surface area contributed by atoms with Crippen molar-refractivity contribution in [1.82, 2.24) is 9.78 Å². The second kappa shape index (κ2) is 8.32. The maximum atomic E-state index is 11.9. The molecule has 2 rings (SSSR count).